The average molecular weight is 425 g/mol. The summed E-state index contributed by atoms with van der Waals surface area (Å²) in [6, 6.07) is 6.80. The van der Waals surface area contributed by atoms with Crippen molar-refractivity contribution in [3.05, 3.63) is 73.7 Å². The third-order valence-corrected chi connectivity index (χ3v) is 4.65. The minimum atomic E-state index is -0.822. The molecule has 3 aromatic rings. The topological polar surface area (TPSA) is 114 Å². The van der Waals surface area contributed by atoms with Crippen molar-refractivity contribution in [2.75, 3.05) is 0 Å². The van der Waals surface area contributed by atoms with Gasteiger partial charge in [0.25, 0.3) is 5.56 Å². The molecular formula is C18H18Cl2N4O4. The molecule has 0 aliphatic heterocycles. The molecule has 0 saturated heterocycles. The van der Waals surface area contributed by atoms with Crippen molar-refractivity contribution in [1.29, 1.82) is 0 Å². The largest absolute Gasteiger partial charge is 0.393 e. The highest BCUT2D eigenvalue weighted by atomic mass is 35.5. The van der Waals surface area contributed by atoms with Crippen LogP contribution < -0.4 is 5.56 Å². The van der Waals surface area contributed by atoms with Crippen LogP contribution in [0.2, 0.25) is 10.0 Å². The van der Waals surface area contributed by atoms with Crippen LogP contribution in [0.4, 0.5) is 0 Å². The number of benzene rings is 1. The van der Waals surface area contributed by atoms with Crippen LogP contribution >= 0.6 is 23.2 Å². The maximum absolute atomic E-state index is 12.3. The van der Waals surface area contributed by atoms with Gasteiger partial charge in [0, 0.05) is 17.9 Å². The van der Waals surface area contributed by atoms with Crippen molar-refractivity contribution < 1.29 is 14.7 Å². The highest BCUT2D eigenvalue weighted by Gasteiger charge is 2.16. The number of nitrogens with zero attached hydrogens (tertiary/aromatic N) is 4. The zero-order valence-electron chi connectivity index (χ0n) is 14.9. The Morgan fingerprint density at radius 1 is 1.18 bits per heavy atom. The van der Waals surface area contributed by atoms with E-state index in [0.29, 0.717) is 22.0 Å². The Labute approximate surface area is 170 Å². The second kappa shape index (κ2) is 8.83. The molecule has 28 heavy (non-hydrogen) atoms. The molecule has 0 bridgehead atoms. The number of hydrogen-bond donors (Lipinski definition) is 2. The molecule has 3 rings (SSSR count). The lowest BCUT2D eigenvalue weighted by molar-refractivity contribution is 0.174. The number of hydrogen-bond acceptors (Lipinski definition) is 7. The van der Waals surface area contributed by atoms with E-state index >= 15 is 0 Å². The summed E-state index contributed by atoms with van der Waals surface area (Å²) in [5.41, 5.74) is 0.630. The number of aliphatic hydroxyl groups excluding tert-OH is 2. The standard InChI is InChI=1S/C18H18Cl2N4O4/c1-10(25)6-12-8-21-24(18(27)17(12)20)9-16-22-15(23-28-16)7-14(26)11-2-4-13(19)5-3-11/h2-5,8,10,14,25-26H,6-7,9H2,1H3/t10-,14+/m1/s1. The van der Waals surface area contributed by atoms with Gasteiger partial charge in [-0.05, 0) is 30.2 Å². The smallest absolute Gasteiger partial charge is 0.286 e. The second-order valence-electron chi connectivity index (χ2n) is 6.38. The van der Waals surface area contributed by atoms with Crippen LogP contribution in [0.5, 0.6) is 0 Å². The van der Waals surface area contributed by atoms with Gasteiger partial charge < -0.3 is 14.7 Å². The number of aromatic nitrogens is 4. The predicted octanol–water partition coefficient (Wildman–Crippen LogP) is 2.18. The summed E-state index contributed by atoms with van der Waals surface area (Å²) >= 11 is 11.9. The van der Waals surface area contributed by atoms with E-state index in [0.717, 1.165) is 4.68 Å². The van der Waals surface area contributed by atoms with Gasteiger partial charge in [0.15, 0.2) is 5.82 Å². The average Bonchev–Trinajstić information content (AvgIpc) is 3.08. The van der Waals surface area contributed by atoms with Crippen molar-refractivity contribution in [3.63, 3.8) is 0 Å². The van der Waals surface area contributed by atoms with Crippen molar-refractivity contribution >= 4 is 23.2 Å². The molecule has 0 unspecified atom stereocenters. The van der Waals surface area contributed by atoms with Crippen molar-refractivity contribution in [3.8, 4) is 0 Å². The van der Waals surface area contributed by atoms with E-state index in [1.165, 1.54) is 6.20 Å². The molecule has 0 aliphatic rings. The van der Waals surface area contributed by atoms with Crippen LogP contribution in [0.15, 0.2) is 39.8 Å². The highest BCUT2D eigenvalue weighted by molar-refractivity contribution is 6.31. The quantitative estimate of drug-likeness (QED) is 0.596. The number of aliphatic hydroxyl groups is 2. The van der Waals surface area contributed by atoms with E-state index in [1.807, 2.05) is 0 Å². The molecule has 8 nitrogen and oxygen atoms in total. The Kier molecular flexibility index (Phi) is 6.46. The predicted molar refractivity (Wildman–Crippen MR) is 102 cm³/mol. The summed E-state index contributed by atoms with van der Waals surface area (Å²) in [5.74, 6) is 0.453. The molecule has 148 valence electrons. The van der Waals surface area contributed by atoms with Gasteiger partial charge in [0.1, 0.15) is 11.6 Å². The second-order valence-corrected chi connectivity index (χ2v) is 7.19. The van der Waals surface area contributed by atoms with E-state index in [1.54, 1.807) is 31.2 Å². The molecule has 2 aromatic heterocycles. The minimum Gasteiger partial charge on any atom is -0.393 e. The summed E-state index contributed by atoms with van der Waals surface area (Å²) in [7, 11) is 0. The van der Waals surface area contributed by atoms with E-state index in [9.17, 15) is 15.0 Å². The lowest BCUT2D eigenvalue weighted by Gasteiger charge is -2.08. The molecule has 0 aliphatic carbocycles. The van der Waals surface area contributed by atoms with Crippen LogP contribution in [0.1, 0.15) is 35.9 Å². The van der Waals surface area contributed by atoms with Gasteiger partial charge in [0.2, 0.25) is 5.89 Å². The van der Waals surface area contributed by atoms with E-state index in [-0.39, 0.29) is 30.3 Å². The minimum absolute atomic E-state index is 0.00574. The van der Waals surface area contributed by atoms with Crippen molar-refractivity contribution in [1.82, 2.24) is 19.9 Å². The van der Waals surface area contributed by atoms with Crippen molar-refractivity contribution in [2.45, 2.75) is 38.5 Å². The summed E-state index contributed by atoms with van der Waals surface area (Å²) in [6.07, 6.45) is 0.340. The molecule has 2 N–H and O–H groups in total. The van der Waals surface area contributed by atoms with Crippen LogP contribution in [0.3, 0.4) is 0 Å². The van der Waals surface area contributed by atoms with E-state index < -0.39 is 17.8 Å². The summed E-state index contributed by atoms with van der Waals surface area (Å²) in [4.78, 5) is 16.5. The highest BCUT2D eigenvalue weighted by Crippen LogP contribution is 2.19. The van der Waals surface area contributed by atoms with Crippen LogP contribution in [0, 0.1) is 0 Å². The van der Waals surface area contributed by atoms with Crippen LogP contribution in [-0.4, -0.2) is 36.2 Å². The van der Waals surface area contributed by atoms with Crippen LogP contribution in [0.25, 0.3) is 0 Å². The first kappa shape index (κ1) is 20.5. The Hall–Kier alpha value is -2.26. The van der Waals surface area contributed by atoms with Gasteiger partial charge in [-0.15, -0.1) is 0 Å². The van der Waals surface area contributed by atoms with Crippen LogP contribution in [-0.2, 0) is 19.4 Å². The zero-order chi connectivity index (χ0) is 20.3. The molecule has 2 heterocycles. The lowest BCUT2D eigenvalue weighted by Crippen LogP contribution is -2.25. The molecule has 0 saturated carbocycles. The zero-order valence-corrected chi connectivity index (χ0v) is 16.4. The SMILES string of the molecule is C[C@@H](O)Cc1cnn(Cc2nc(C[C@H](O)c3ccc(Cl)cc3)no2)c(=O)c1Cl. The fourth-order valence-electron chi connectivity index (χ4n) is 2.61. The fourth-order valence-corrected chi connectivity index (χ4v) is 2.96. The van der Waals surface area contributed by atoms with Crippen molar-refractivity contribution in [2.24, 2.45) is 0 Å². The monoisotopic (exact) mass is 424 g/mol. The lowest BCUT2D eigenvalue weighted by atomic mass is 10.1. The van der Waals surface area contributed by atoms with Gasteiger partial charge in [-0.3, -0.25) is 4.79 Å². The first-order valence-corrected chi connectivity index (χ1v) is 9.26. The third kappa shape index (κ3) is 4.96. The normalized spacial score (nSPS) is 13.5. The van der Waals surface area contributed by atoms with Gasteiger partial charge in [-0.25, -0.2) is 4.68 Å². The molecule has 10 heteroatoms. The van der Waals surface area contributed by atoms with E-state index in [2.05, 4.69) is 15.2 Å². The van der Waals surface area contributed by atoms with E-state index in [4.69, 9.17) is 27.7 Å². The molecule has 0 radical (unpaired) electrons. The van der Waals surface area contributed by atoms with Gasteiger partial charge in [0.05, 0.1) is 18.4 Å². The molecule has 2 atom stereocenters. The molecular weight excluding hydrogens is 407 g/mol. The number of halogens is 2. The summed E-state index contributed by atoms with van der Waals surface area (Å²) in [5, 5.41) is 28.1. The molecule has 0 fully saturated rings. The molecule has 1 aromatic carbocycles. The fraction of sp³-hybridized carbons (Fsp3) is 0.333. The molecule has 0 spiro atoms. The summed E-state index contributed by atoms with van der Waals surface area (Å²) < 4.78 is 6.24. The Morgan fingerprint density at radius 2 is 1.89 bits per heavy atom. The molecule has 0 amide bonds. The summed E-state index contributed by atoms with van der Waals surface area (Å²) in [6.45, 7) is 1.54. The Bertz CT molecular complexity index is 1000. The number of rotatable bonds is 7. The van der Waals surface area contributed by atoms with Gasteiger partial charge in [-0.2, -0.15) is 10.1 Å². The Balaban J connectivity index is 1.70. The maximum atomic E-state index is 12.3. The third-order valence-electron chi connectivity index (χ3n) is 4.00. The Morgan fingerprint density at radius 3 is 2.57 bits per heavy atom. The van der Waals surface area contributed by atoms with Gasteiger partial charge >= 0.3 is 0 Å². The van der Waals surface area contributed by atoms with Gasteiger partial charge in [-0.1, -0.05) is 40.5 Å². The first-order chi connectivity index (χ1) is 13.3. The maximum Gasteiger partial charge on any atom is 0.286 e. The first-order valence-electron chi connectivity index (χ1n) is 8.51.